The van der Waals surface area contributed by atoms with E-state index in [2.05, 4.69) is 10.6 Å². The van der Waals surface area contributed by atoms with Crippen LogP contribution in [0, 0.1) is 0 Å². The Morgan fingerprint density at radius 1 is 1.07 bits per heavy atom. The van der Waals surface area contributed by atoms with E-state index in [1.807, 2.05) is 79.5 Å². The Kier molecular flexibility index (Phi) is 10.9. The molecule has 0 saturated carbocycles. The van der Waals surface area contributed by atoms with Gasteiger partial charge in [-0.1, -0.05) is 30.3 Å². The summed E-state index contributed by atoms with van der Waals surface area (Å²) in [6.45, 7) is 9.30. The van der Waals surface area contributed by atoms with Crippen LogP contribution in [0.4, 0.5) is 4.79 Å². The highest BCUT2D eigenvalue weighted by molar-refractivity contribution is 7.99. The summed E-state index contributed by atoms with van der Waals surface area (Å²) >= 11 is 3.88. The Hall–Kier alpha value is -1.38. The van der Waals surface area contributed by atoms with Gasteiger partial charge in [-0.2, -0.15) is 23.5 Å². The number of alkyl carbamates (subject to hydrolysis) is 1. The monoisotopic (exact) mass is 453 g/mol. The van der Waals surface area contributed by atoms with Crippen LogP contribution in [-0.2, 0) is 16.0 Å². The second-order valence-electron chi connectivity index (χ2n) is 8.19. The molecule has 2 N–H and O–H groups in total. The zero-order valence-corrected chi connectivity index (χ0v) is 19.9. The minimum absolute atomic E-state index is 0.0370. The predicted molar refractivity (Wildman–Crippen MR) is 127 cm³/mol. The van der Waals surface area contributed by atoms with E-state index in [0.29, 0.717) is 6.42 Å². The number of nitrogens with one attached hydrogen (secondary N) is 2. The van der Waals surface area contributed by atoms with Gasteiger partial charge >= 0.3 is 6.09 Å². The van der Waals surface area contributed by atoms with E-state index in [0.717, 1.165) is 30.2 Å². The zero-order chi connectivity index (χ0) is 21.8. The van der Waals surface area contributed by atoms with Gasteiger partial charge in [-0.15, -0.1) is 0 Å². The van der Waals surface area contributed by atoms with E-state index in [1.165, 1.54) is 24.6 Å². The van der Waals surface area contributed by atoms with Crippen molar-refractivity contribution in [1.29, 1.82) is 0 Å². The third-order valence-corrected chi connectivity index (χ3v) is 6.37. The number of amides is 2. The number of carbonyl (C=O) groups excluding carboxylic acids is 2. The molecule has 2 fully saturated rings. The molecule has 1 atom stereocenters. The number of ether oxygens (including phenoxy) is 1. The lowest BCUT2D eigenvalue weighted by atomic mass is 10.0. The Labute approximate surface area is 189 Å². The first-order valence-corrected chi connectivity index (χ1v) is 12.8. The van der Waals surface area contributed by atoms with Gasteiger partial charge in [0.05, 0.1) is 0 Å². The number of thioether (sulfide) groups is 2. The van der Waals surface area contributed by atoms with Crippen LogP contribution in [-0.4, -0.2) is 77.7 Å². The van der Waals surface area contributed by atoms with E-state index in [1.54, 1.807) is 0 Å². The van der Waals surface area contributed by atoms with E-state index < -0.39 is 17.7 Å². The molecule has 2 aliphatic rings. The van der Waals surface area contributed by atoms with Crippen LogP contribution < -0.4 is 10.6 Å². The van der Waals surface area contributed by atoms with E-state index in [-0.39, 0.29) is 5.91 Å². The molecule has 0 aliphatic carbocycles. The van der Waals surface area contributed by atoms with Gasteiger partial charge in [0.15, 0.2) is 0 Å². The SMILES string of the molecule is C1CSCCN1.CC(C)(C)OC(=O)N[C@@H](Cc1ccccc1)C(=O)N1CCSCC1. The summed E-state index contributed by atoms with van der Waals surface area (Å²) in [5.74, 6) is 4.46. The third-order valence-electron chi connectivity index (χ3n) is 4.44. The number of hydrogen-bond donors (Lipinski definition) is 2. The molecule has 30 heavy (non-hydrogen) atoms. The molecule has 2 saturated heterocycles. The van der Waals surface area contributed by atoms with Gasteiger partial charge in [0, 0.05) is 55.6 Å². The summed E-state index contributed by atoms with van der Waals surface area (Å²) in [4.78, 5) is 26.8. The van der Waals surface area contributed by atoms with Crippen molar-refractivity contribution in [2.45, 2.75) is 38.8 Å². The van der Waals surface area contributed by atoms with E-state index >= 15 is 0 Å². The molecule has 2 heterocycles. The lowest BCUT2D eigenvalue weighted by Crippen LogP contribution is -2.52. The van der Waals surface area contributed by atoms with Gasteiger partial charge in [-0.25, -0.2) is 4.79 Å². The standard InChI is InChI=1S/C18H26N2O3S.C4H9NS/c1-18(2,3)23-17(22)19-15(13-14-7-5-4-6-8-14)16(21)20-9-11-24-12-10-20;1-3-6-4-2-5-1/h4-8,15H,9-13H2,1-3H3,(H,19,22);5H,1-4H2/t15-;/m0./s1. The number of benzene rings is 1. The fourth-order valence-electron chi connectivity index (χ4n) is 3.02. The lowest BCUT2D eigenvalue weighted by molar-refractivity contribution is -0.133. The minimum Gasteiger partial charge on any atom is -0.444 e. The van der Waals surface area contributed by atoms with Crippen molar-refractivity contribution in [3.8, 4) is 0 Å². The average molecular weight is 454 g/mol. The Morgan fingerprint density at radius 3 is 2.17 bits per heavy atom. The molecule has 168 valence electrons. The minimum atomic E-state index is -0.606. The number of carbonyl (C=O) groups is 2. The summed E-state index contributed by atoms with van der Waals surface area (Å²) in [6.07, 6.45) is -0.0918. The normalized spacial score (nSPS) is 17.9. The Balaban J connectivity index is 0.000000456. The van der Waals surface area contributed by atoms with Crippen LogP contribution in [0.2, 0.25) is 0 Å². The number of nitrogens with zero attached hydrogens (tertiary/aromatic N) is 1. The first-order chi connectivity index (χ1) is 14.3. The Bertz CT molecular complexity index is 631. The second-order valence-corrected chi connectivity index (χ2v) is 10.6. The highest BCUT2D eigenvalue weighted by Gasteiger charge is 2.29. The van der Waals surface area contributed by atoms with Crippen LogP contribution in [0.25, 0.3) is 0 Å². The van der Waals surface area contributed by atoms with Crippen LogP contribution in [0.3, 0.4) is 0 Å². The fourth-order valence-corrected chi connectivity index (χ4v) is 4.70. The second kappa shape index (κ2) is 13.1. The largest absolute Gasteiger partial charge is 0.444 e. The van der Waals surface area contributed by atoms with Gasteiger partial charge in [0.2, 0.25) is 5.91 Å². The summed E-state index contributed by atoms with van der Waals surface area (Å²) in [7, 11) is 0. The Morgan fingerprint density at radius 2 is 1.67 bits per heavy atom. The molecule has 0 unspecified atom stereocenters. The highest BCUT2D eigenvalue weighted by atomic mass is 32.2. The smallest absolute Gasteiger partial charge is 0.408 e. The average Bonchev–Trinajstić information content (AvgIpc) is 2.74. The molecule has 2 aliphatic heterocycles. The maximum Gasteiger partial charge on any atom is 0.408 e. The van der Waals surface area contributed by atoms with Crippen molar-refractivity contribution >= 4 is 35.5 Å². The number of rotatable bonds is 4. The summed E-state index contributed by atoms with van der Waals surface area (Å²) < 4.78 is 5.32. The van der Waals surface area contributed by atoms with Crippen LogP contribution in [0.15, 0.2) is 30.3 Å². The molecule has 2 amide bonds. The summed E-state index contributed by atoms with van der Waals surface area (Å²) in [5, 5.41) is 6.02. The maximum atomic E-state index is 12.9. The summed E-state index contributed by atoms with van der Waals surface area (Å²) in [6, 6.07) is 9.12. The van der Waals surface area contributed by atoms with Gasteiger partial charge < -0.3 is 20.3 Å². The quantitative estimate of drug-likeness (QED) is 0.730. The summed E-state index contributed by atoms with van der Waals surface area (Å²) in [5.41, 5.74) is 0.421. The molecule has 3 rings (SSSR count). The first kappa shape index (κ1) is 24.9. The molecule has 1 aromatic carbocycles. The highest BCUT2D eigenvalue weighted by Crippen LogP contribution is 2.14. The number of hydrogen-bond acceptors (Lipinski definition) is 6. The molecule has 0 aromatic heterocycles. The molecule has 1 aromatic rings. The molecule has 0 bridgehead atoms. The van der Waals surface area contributed by atoms with Gasteiger partial charge in [0.1, 0.15) is 11.6 Å². The third kappa shape index (κ3) is 10.1. The van der Waals surface area contributed by atoms with Crippen LogP contribution in [0.5, 0.6) is 0 Å². The lowest BCUT2D eigenvalue weighted by Gasteiger charge is -2.31. The van der Waals surface area contributed by atoms with Gasteiger partial charge in [0.25, 0.3) is 0 Å². The molecule has 6 nitrogen and oxygen atoms in total. The first-order valence-electron chi connectivity index (χ1n) is 10.5. The van der Waals surface area contributed by atoms with E-state index in [9.17, 15) is 9.59 Å². The maximum absolute atomic E-state index is 12.9. The topological polar surface area (TPSA) is 70.7 Å². The van der Waals surface area contributed by atoms with Crippen LogP contribution in [0.1, 0.15) is 26.3 Å². The molecular formula is C22H35N3O3S2. The van der Waals surface area contributed by atoms with Gasteiger partial charge in [-0.05, 0) is 26.3 Å². The predicted octanol–water partition coefficient (Wildman–Crippen LogP) is 3.02. The molecule has 0 radical (unpaired) electrons. The van der Waals surface area contributed by atoms with Crippen molar-refractivity contribution in [1.82, 2.24) is 15.5 Å². The van der Waals surface area contributed by atoms with Crippen LogP contribution >= 0.6 is 23.5 Å². The van der Waals surface area contributed by atoms with Crippen molar-refractivity contribution < 1.29 is 14.3 Å². The van der Waals surface area contributed by atoms with Crippen molar-refractivity contribution in [3.05, 3.63) is 35.9 Å². The fraction of sp³-hybridized carbons (Fsp3) is 0.636. The molecule has 8 heteroatoms. The zero-order valence-electron chi connectivity index (χ0n) is 18.3. The van der Waals surface area contributed by atoms with Crippen molar-refractivity contribution in [2.24, 2.45) is 0 Å². The molecular weight excluding hydrogens is 418 g/mol. The van der Waals surface area contributed by atoms with Gasteiger partial charge in [-0.3, -0.25) is 4.79 Å². The van der Waals surface area contributed by atoms with Crippen molar-refractivity contribution in [2.75, 3.05) is 49.2 Å². The molecule has 0 spiro atoms. The van der Waals surface area contributed by atoms with E-state index in [4.69, 9.17) is 4.74 Å². The van der Waals surface area contributed by atoms with Crippen molar-refractivity contribution in [3.63, 3.8) is 0 Å².